The summed E-state index contributed by atoms with van der Waals surface area (Å²) in [6.45, 7) is 0.364. The molecule has 0 aromatic carbocycles. The zero-order valence-corrected chi connectivity index (χ0v) is 7.40. The average Bonchev–Trinajstić information content (AvgIpc) is 1.61. The minimum atomic E-state index is 0. The topological polar surface area (TPSA) is 23.5 Å². The first kappa shape index (κ1) is 10.2. The molecule has 2 nitrogen and oxygen atoms in total. The first-order chi connectivity index (χ1) is 4.25. The van der Waals surface area contributed by atoms with Crippen molar-refractivity contribution in [3.05, 3.63) is 0 Å². The summed E-state index contributed by atoms with van der Waals surface area (Å²) in [5.41, 5.74) is 0. The number of rotatable bonds is 2. The van der Waals surface area contributed by atoms with Gasteiger partial charge in [-0.05, 0) is 32.9 Å². The molecule has 1 aliphatic rings. The van der Waals surface area contributed by atoms with Crippen molar-refractivity contribution >= 4 is 12.4 Å². The van der Waals surface area contributed by atoms with E-state index in [1.54, 1.807) is 0 Å². The summed E-state index contributed by atoms with van der Waals surface area (Å²) >= 11 is 0. The lowest BCUT2D eigenvalue weighted by Gasteiger charge is -2.39. The maximum atomic E-state index is 8.78. The van der Waals surface area contributed by atoms with Gasteiger partial charge >= 0.3 is 0 Å². The summed E-state index contributed by atoms with van der Waals surface area (Å²) in [7, 11) is 4.15. The molecule has 0 spiro atoms. The van der Waals surface area contributed by atoms with Crippen LogP contribution < -0.4 is 0 Å². The van der Waals surface area contributed by atoms with E-state index in [-0.39, 0.29) is 12.4 Å². The van der Waals surface area contributed by atoms with Crippen LogP contribution in [0.1, 0.15) is 12.8 Å². The van der Waals surface area contributed by atoms with Gasteiger partial charge in [-0.15, -0.1) is 12.4 Å². The molecule has 10 heavy (non-hydrogen) atoms. The standard InChI is InChI=1S/C7H15NO.ClH/c1-8(2)7-4-3-6(7)5-9;/h6-7,9H,3-5H2,1-2H3;1H. The molecule has 1 fully saturated rings. The molecule has 0 radical (unpaired) electrons. The van der Waals surface area contributed by atoms with Crippen molar-refractivity contribution in [3.8, 4) is 0 Å². The maximum Gasteiger partial charge on any atom is 0.0474 e. The first-order valence-corrected chi connectivity index (χ1v) is 3.53. The lowest BCUT2D eigenvalue weighted by atomic mass is 9.79. The summed E-state index contributed by atoms with van der Waals surface area (Å²) in [5, 5.41) is 8.78. The van der Waals surface area contributed by atoms with Gasteiger partial charge in [0.2, 0.25) is 0 Å². The monoisotopic (exact) mass is 165 g/mol. The maximum absolute atomic E-state index is 8.78. The molecule has 3 heteroatoms. The van der Waals surface area contributed by atoms with Crippen molar-refractivity contribution in [2.75, 3.05) is 20.7 Å². The minimum Gasteiger partial charge on any atom is -0.396 e. The van der Waals surface area contributed by atoms with E-state index in [9.17, 15) is 0 Å². The van der Waals surface area contributed by atoms with E-state index in [0.717, 1.165) is 0 Å². The largest absolute Gasteiger partial charge is 0.396 e. The van der Waals surface area contributed by atoms with E-state index in [2.05, 4.69) is 19.0 Å². The van der Waals surface area contributed by atoms with Crippen LogP contribution in [0.25, 0.3) is 0 Å². The van der Waals surface area contributed by atoms with Crippen LogP contribution in [0.2, 0.25) is 0 Å². The highest BCUT2D eigenvalue weighted by Crippen LogP contribution is 2.29. The van der Waals surface area contributed by atoms with Crippen LogP contribution in [0.3, 0.4) is 0 Å². The van der Waals surface area contributed by atoms with E-state index >= 15 is 0 Å². The predicted molar refractivity (Wildman–Crippen MR) is 44.5 cm³/mol. The molecule has 0 heterocycles. The molecule has 1 aliphatic carbocycles. The van der Waals surface area contributed by atoms with Crippen LogP contribution in [0, 0.1) is 5.92 Å². The predicted octanol–water partition coefficient (Wildman–Crippen LogP) is 0.741. The van der Waals surface area contributed by atoms with E-state index in [4.69, 9.17) is 5.11 Å². The molecule has 0 aliphatic heterocycles. The van der Waals surface area contributed by atoms with Gasteiger partial charge in [0, 0.05) is 12.6 Å². The molecule has 0 aromatic rings. The highest BCUT2D eigenvalue weighted by molar-refractivity contribution is 5.85. The Balaban J connectivity index is 0.000000810. The number of halogens is 1. The Morgan fingerprint density at radius 1 is 1.40 bits per heavy atom. The molecule has 0 bridgehead atoms. The molecule has 1 rings (SSSR count). The van der Waals surface area contributed by atoms with Crippen LogP contribution in [0.4, 0.5) is 0 Å². The lowest BCUT2D eigenvalue weighted by Crippen LogP contribution is -2.44. The number of nitrogens with zero attached hydrogens (tertiary/aromatic N) is 1. The third-order valence-corrected chi connectivity index (χ3v) is 2.28. The molecular formula is C7H16ClNO. The Kier molecular flexibility index (Phi) is 4.25. The van der Waals surface area contributed by atoms with Gasteiger partial charge in [-0.3, -0.25) is 0 Å². The van der Waals surface area contributed by atoms with E-state index in [1.165, 1.54) is 12.8 Å². The Morgan fingerprint density at radius 2 is 2.00 bits per heavy atom. The fraction of sp³-hybridized carbons (Fsp3) is 1.00. The molecule has 2 unspecified atom stereocenters. The quantitative estimate of drug-likeness (QED) is 0.653. The smallest absolute Gasteiger partial charge is 0.0474 e. The number of aliphatic hydroxyl groups excluding tert-OH is 1. The Labute approximate surface area is 68.6 Å². The first-order valence-electron chi connectivity index (χ1n) is 3.53. The van der Waals surface area contributed by atoms with Gasteiger partial charge in [-0.1, -0.05) is 0 Å². The van der Waals surface area contributed by atoms with Crippen LogP contribution in [-0.4, -0.2) is 36.8 Å². The summed E-state index contributed by atoms with van der Waals surface area (Å²) in [6.07, 6.45) is 2.47. The Morgan fingerprint density at radius 3 is 2.10 bits per heavy atom. The molecule has 1 N–H and O–H groups in total. The second kappa shape index (κ2) is 4.16. The zero-order valence-electron chi connectivity index (χ0n) is 6.58. The summed E-state index contributed by atoms with van der Waals surface area (Å²) in [6, 6.07) is 0.648. The molecule has 1 saturated carbocycles. The van der Waals surface area contributed by atoms with Gasteiger partial charge in [0.1, 0.15) is 0 Å². The number of hydrogen-bond acceptors (Lipinski definition) is 2. The minimum absolute atomic E-state index is 0. The highest BCUT2D eigenvalue weighted by atomic mass is 35.5. The Hall–Kier alpha value is 0.210. The SMILES string of the molecule is CN(C)C1CCC1CO.Cl. The molecular weight excluding hydrogens is 150 g/mol. The fourth-order valence-electron chi connectivity index (χ4n) is 1.44. The van der Waals surface area contributed by atoms with Gasteiger partial charge in [-0.25, -0.2) is 0 Å². The van der Waals surface area contributed by atoms with Crippen molar-refractivity contribution in [1.82, 2.24) is 4.90 Å². The van der Waals surface area contributed by atoms with Crippen LogP contribution >= 0.6 is 12.4 Å². The lowest BCUT2D eigenvalue weighted by molar-refractivity contribution is 0.0557. The molecule has 0 saturated heterocycles. The van der Waals surface area contributed by atoms with Crippen molar-refractivity contribution < 1.29 is 5.11 Å². The van der Waals surface area contributed by atoms with Crippen LogP contribution in [0.5, 0.6) is 0 Å². The van der Waals surface area contributed by atoms with Gasteiger partial charge < -0.3 is 10.0 Å². The molecule has 0 amide bonds. The normalized spacial score (nSPS) is 31.2. The fourth-order valence-corrected chi connectivity index (χ4v) is 1.44. The summed E-state index contributed by atoms with van der Waals surface area (Å²) in [4.78, 5) is 2.20. The number of hydrogen-bond donors (Lipinski definition) is 1. The summed E-state index contributed by atoms with van der Waals surface area (Å²) < 4.78 is 0. The molecule has 2 atom stereocenters. The van der Waals surface area contributed by atoms with Crippen molar-refractivity contribution in [2.24, 2.45) is 5.92 Å². The third-order valence-electron chi connectivity index (χ3n) is 2.28. The van der Waals surface area contributed by atoms with Gasteiger partial charge in [0.25, 0.3) is 0 Å². The highest BCUT2D eigenvalue weighted by Gasteiger charge is 2.31. The Bertz CT molecular complexity index is 95.6. The van der Waals surface area contributed by atoms with E-state index in [1.807, 2.05) is 0 Å². The third kappa shape index (κ3) is 1.84. The zero-order chi connectivity index (χ0) is 6.85. The molecule has 0 aromatic heterocycles. The molecule has 62 valence electrons. The van der Waals surface area contributed by atoms with Gasteiger partial charge in [0.05, 0.1) is 0 Å². The van der Waals surface area contributed by atoms with Crippen LogP contribution in [-0.2, 0) is 0 Å². The van der Waals surface area contributed by atoms with Crippen molar-refractivity contribution in [2.45, 2.75) is 18.9 Å². The van der Waals surface area contributed by atoms with Crippen molar-refractivity contribution in [3.63, 3.8) is 0 Å². The van der Waals surface area contributed by atoms with Gasteiger partial charge in [-0.2, -0.15) is 0 Å². The summed E-state index contributed by atoms with van der Waals surface area (Å²) in [5.74, 6) is 0.556. The van der Waals surface area contributed by atoms with Gasteiger partial charge in [0.15, 0.2) is 0 Å². The van der Waals surface area contributed by atoms with E-state index < -0.39 is 0 Å². The average molecular weight is 166 g/mol. The van der Waals surface area contributed by atoms with E-state index in [0.29, 0.717) is 18.6 Å². The van der Waals surface area contributed by atoms with Crippen LogP contribution in [0.15, 0.2) is 0 Å². The second-order valence-corrected chi connectivity index (χ2v) is 3.05. The van der Waals surface area contributed by atoms with Crippen molar-refractivity contribution in [1.29, 1.82) is 0 Å². The second-order valence-electron chi connectivity index (χ2n) is 3.05. The number of aliphatic hydroxyl groups is 1.